The number of carboxylic acids is 1. The first-order valence-electron chi connectivity index (χ1n) is 6.95. The molecule has 2 N–H and O–H groups in total. The Hall–Kier alpha value is -1.14. The minimum Gasteiger partial charge on any atom is -0.480 e. The molecule has 2 unspecified atom stereocenters. The van der Waals surface area contributed by atoms with Gasteiger partial charge in [-0.25, -0.2) is 4.79 Å². The maximum atomic E-state index is 12.0. The van der Waals surface area contributed by atoms with Crippen molar-refractivity contribution in [1.82, 2.24) is 10.2 Å². The molecule has 19 heavy (non-hydrogen) atoms. The van der Waals surface area contributed by atoms with E-state index in [0.29, 0.717) is 19.6 Å². The Bertz CT molecular complexity index is 309. The third-order valence-corrected chi connectivity index (χ3v) is 3.35. The van der Waals surface area contributed by atoms with Crippen molar-refractivity contribution in [3.8, 4) is 0 Å². The highest BCUT2D eigenvalue weighted by molar-refractivity contribution is 5.86. The second-order valence-corrected chi connectivity index (χ2v) is 4.79. The molecule has 1 aliphatic heterocycles. The van der Waals surface area contributed by atoms with Crippen LogP contribution in [-0.4, -0.2) is 60.3 Å². The first-order valence-corrected chi connectivity index (χ1v) is 6.95. The minimum absolute atomic E-state index is 0.318. The summed E-state index contributed by atoms with van der Waals surface area (Å²) in [6.45, 7) is 6.75. The number of rotatable bonds is 7. The fourth-order valence-corrected chi connectivity index (χ4v) is 2.08. The minimum atomic E-state index is -0.982. The van der Waals surface area contributed by atoms with Crippen molar-refractivity contribution in [1.29, 1.82) is 0 Å². The normalized spacial score (nSPS) is 21.9. The number of morpholine rings is 1. The summed E-state index contributed by atoms with van der Waals surface area (Å²) in [5.41, 5.74) is 0. The smallest absolute Gasteiger partial charge is 0.326 e. The van der Waals surface area contributed by atoms with E-state index in [1.165, 1.54) is 0 Å². The van der Waals surface area contributed by atoms with E-state index >= 15 is 0 Å². The largest absolute Gasteiger partial charge is 0.480 e. The molecule has 0 aromatic heterocycles. The first-order chi connectivity index (χ1) is 9.08. The number of ether oxygens (including phenoxy) is 1. The topological polar surface area (TPSA) is 78.9 Å². The van der Waals surface area contributed by atoms with Crippen LogP contribution in [-0.2, 0) is 14.3 Å². The molecule has 1 rings (SSSR count). The lowest BCUT2D eigenvalue weighted by molar-refractivity contribution is -0.146. The van der Waals surface area contributed by atoms with Gasteiger partial charge in [-0.05, 0) is 13.0 Å². The van der Waals surface area contributed by atoms with Crippen LogP contribution in [0.2, 0.25) is 0 Å². The molecule has 110 valence electrons. The number of carboxylic acid groups (broad SMARTS) is 1. The molecule has 0 bridgehead atoms. The number of likely N-dealkylation sites (N-methyl/N-ethyl adjacent to an activating group) is 1. The van der Waals surface area contributed by atoms with Crippen molar-refractivity contribution in [2.24, 2.45) is 0 Å². The van der Waals surface area contributed by atoms with Crippen LogP contribution in [0.15, 0.2) is 0 Å². The van der Waals surface area contributed by atoms with Crippen molar-refractivity contribution in [2.75, 3.05) is 26.2 Å². The molecule has 1 heterocycles. The number of unbranched alkanes of at least 4 members (excludes halogenated alkanes) is 1. The number of hydrogen-bond donors (Lipinski definition) is 2. The van der Waals surface area contributed by atoms with Gasteiger partial charge in [-0.3, -0.25) is 9.69 Å². The van der Waals surface area contributed by atoms with Crippen molar-refractivity contribution in [3.05, 3.63) is 0 Å². The summed E-state index contributed by atoms with van der Waals surface area (Å²) >= 11 is 0. The number of aliphatic carboxylic acids is 1. The zero-order valence-electron chi connectivity index (χ0n) is 11.7. The lowest BCUT2D eigenvalue weighted by atomic mass is 10.1. The van der Waals surface area contributed by atoms with Crippen molar-refractivity contribution in [2.45, 2.75) is 45.3 Å². The summed E-state index contributed by atoms with van der Waals surface area (Å²) in [7, 11) is 0. The monoisotopic (exact) mass is 272 g/mol. The lowest BCUT2D eigenvalue weighted by Crippen LogP contribution is -2.53. The number of amides is 1. The van der Waals surface area contributed by atoms with Gasteiger partial charge >= 0.3 is 5.97 Å². The summed E-state index contributed by atoms with van der Waals surface area (Å²) in [4.78, 5) is 25.2. The predicted octanol–water partition coefficient (Wildman–Crippen LogP) is 0.467. The summed E-state index contributed by atoms with van der Waals surface area (Å²) in [5.74, 6) is -1.30. The van der Waals surface area contributed by atoms with E-state index in [1.807, 2.05) is 13.8 Å². The molecule has 1 saturated heterocycles. The van der Waals surface area contributed by atoms with Gasteiger partial charge in [0.25, 0.3) is 5.91 Å². The molecule has 6 nitrogen and oxygen atoms in total. The van der Waals surface area contributed by atoms with Crippen molar-refractivity contribution in [3.63, 3.8) is 0 Å². The fourth-order valence-electron chi connectivity index (χ4n) is 2.08. The average molecular weight is 272 g/mol. The van der Waals surface area contributed by atoms with Gasteiger partial charge in [0, 0.05) is 13.1 Å². The maximum Gasteiger partial charge on any atom is 0.326 e. The van der Waals surface area contributed by atoms with E-state index in [4.69, 9.17) is 9.84 Å². The highest BCUT2D eigenvalue weighted by atomic mass is 16.5. The Labute approximate surface area is 114 Å². The van der Waals surface area contributed by atoms with Crippen molar-refractivity contribution < 1.29 is 19.4 Å². The van der Waals surface area contributed by atoms with Gasteiger partial charge in [-0.1, -0.05) is 26.7 Å². The van der Waals surface area contributed by atoms with Gasteiger partial charge in [0.2, 0.25) is 0 Å². The molecule has 0 radical (unpaired) electrons. The molecule has 6 heteroatoms. The van der Waals surface area contributed by atoms with Gasteiger partial charge < -0.3 is 15.2 Å². The summed E-state index contributed by atoms with van der Waals surface area (Å²) in [5, 5.41) is 11.7. The second kappa shape index (κ2) is 8.12. The summed E-state index contributed by atoms with van der Waals surface area (Å²) in [6.07, 6.45) is 1.59. The van der Waals surface area contributed by atoms with Gasteiger partial charge in [0.1, 0.15) is 12.1 Å². The van der Waals surface area contributed by atoms with Crippen LogP contribution in [0.4, 0.5) is 0 Å². The highest BCUT2D eigenvalue weighted by Gasteiger charge is 2.29. The lowest BCUT2D eigenvalue weighted by Gasteiger charge is -2.31. The van der Waals surface area contributed by atoms with E-state index in [-0.39, 0.29) is 5.91 Å². The quantitative estimate of drug-likeness (QED) is 0.704. The molecule has 0 aromatic rings. The van der Waals surface area contributed by atoms with Crippen LogP contribution in [0, 0.1) is 0 Å². The molecule has 0 saturated carbocycles. The van der Waals surface area contributed by atoms with E-state index in [2.05, 4.69) is 10.2 Å². The third kappa shape index (κ3) is 5.16. The number of carbonyl (C=O) groups is 2. The molecule has 0 aromatic carbocycles. The van der Waals surface area contributed by atoms with Gasteiger partial charge in [0.15, 0.2) is 0 Å². The van der Waals surface area contributed by atoms with Gasteiger partial charge in [-0.2, -0.15) is 0 Å². The fraction of sp³-hybridized carbons (Fsp3) is 0.846. The van der Waals surface area contributed by atoms with Crippen LogP contribution in [0.1, 0.15) is 33.1 Å². The van der Waals surface area contributed by atoms with Gasteiger partial charge in [-0.15, -0.1) is 0 Å². The van der Waals surface area contributed by atoms with E-state index in [1.54, 1.807) is 0 Å². The Balaban J connectivity index is 2.48. The maximum absolute atomic E-state index is 12.0. The van der Waals surface area contributed by atoms with Crippen molar-refractivity contribution >= 4 is 11.9 Å². The Kier molecular flexibility index (Phi) is 6.80. The number of nitrogens with zero attached hydrogens (tertiary/aromatic N) is 1. The molecule has 0 spiro atoms. The van der Waals surface area contributed by atoms with E-state index < -0.39 is 18.1 Å². The molecule has 0 aliphatic carbocycles. The Morgan fingerprint density at radius 1 is 1.47 bits per heavy atom. The Morgan fingerprint density at radius 2 is 2.21 bits per heavy atom. The average Bonchev–Trinajstić information content (AvgIpc) is 2.42. The third-order valence-electron chi connectivity index (χ3n) is 3.35. The zero-order valence-corrected chi connectivity index (χ0v) is 11.7. The standard InChI is InChI=1S/C13H24N2O4/c1-3-5-6-10(13(17)18)14-12(16)11-9-15(4-2)7-8-19-11/h10-11H,3-9H2,1-2H3,(H,14,16)(H,17,18). The number of nitrogens with one attached hydrogen (secondary N) is 1. The van der Waals surface area contributed by atoms with E-state index in [0.717, 1.165) is 25.9 Å². The SMILES string of the molecule is CCCCC(NC(=O)C1CN(CC)CCO1)C(=O)O. The zero-order chi connectivity index (χ0) is 14.3. The molecule has 1 fully saturated rings. The van der Waals surface area contributed by atoms with Gasteiger partial charge in [0.05, 0.1) is 6.61 Å². The van der Waals surface area contributed by atoms with Crippen LogP contribution < -0.4 is 5.32 Å². The molecule has 1 amide bonds. The van der Waals surface area contributed by atoms with Crippen LogP contribution in [0.3, 0.4) is 0 Å². The molecule has 1 aliphatic rings. The Morgan fingerprint density at radius 3 is 2.79 bits per heavy atom. The molecule has 2 atom stereocenters. The highest BCUT2D eigenvalue weighted by Crippen LogP contribution is 2.07. The number of carbonyl (C=O) groups excluding carboxylic acids is 1. The molecular weight excluding hydrogens is 248 g/mol. The van der Waals surface area contributed by atoms with E-state index in [9.17, 15) is 9.59 Å². The number of hydrogen-bond acceptors (Lipinski definition) is 4. The van der Waals surface area contributed by atoms with Crippen LogP contribution in [0.5, 0.6) is 0 Å². The van der Waals surface area contributed by atoms with Crippen LogP contribution >= 0.6 is 0 Å². The molecular formula is C13H24N2O4. The predicted molar refractivity (Wildman–Crippen MR) is 70.9 cm³/mol. The summed E-state index contributed by atoms with van der Waals surface area (Å²) in [6, 6.07) is -0.812. The second-order valence-electron chi connectivity index (χ2n) is 4.79. The summed E-state index contributed by atoms with van der Waals surface area (Å²) < 4.78 is 5.41. The van der Waals surface area contributed by atoms with Crippen LogP contribution in [0.25, 0.3) is 0 Å². The first kappa shape index (κ1) is 15.9.